The van der Waals surface area contributed by atoms with Crippen molar-refractivity contribution in [2.24, 2.45) is 0 Å². The van der Waals surface area contributed by atoms with E-state index in [-0.39, 0.29) is 6.42 Å². The molecule has 0 spiro atoms. The van der Waals surface area contributed by atoms with Crippen LogP contribution in [0.4, 0.5) is 0 Å². The lowest BCUT2D eigenvalue weighted by Gasteiger charge is -1.75. The number of aromatic amines is 1. The molecular formula is C6H9N3O2. The zero-order chi connectivity index (χ0) is 8.53. The summed E-state index contributed by atoms with van der Waals surface area (Å²) in [6.45, 7) is 3.22. The summed E-state index contributed by atoms with van der Waals surface area (Å²) in [5, 5.41) is 13.8. The van der Waals surface area contributed by atoms with Crippen molar-refractivity contribution in [2.75, 3.05) is 0 Å². The van der Waals surface area contributed by atoms with E-state index in [1.54, 1.807) is 0 Å². The summed E-state index contributed by atoms with van der Waals surface area (Å²) in [5.74, 6) is -0.829. The average Bonchev–Trinajstić information content (AvgIpc) is 2.41. The molecule has 0 fully saturated rings. The predicted molar refractivity (Wildman–Crippen MR) is 38.8 cm³/mol. The van der Waals surface area contributed by atoms with Gasteiger partial charge in [0.2, 0.25) is 0 Å². The number of carboxylic acids is 1. The van der Waals surface area contributed by atoms with Crippen LogP contribution in [0.2, 0.25) is 0 Å². The van der Waals surface area contributed by atoms with Crippen molar-refractivity contribution in [1.82, 2.24) is 15.2 Å². The maximum Gasteiger partial charge on any atom is 0.307 e. The quantitative estimate of drug-likeness (QED) is 0.608. The normalized spacial score (nSPS) is 7.64. The third-order valence-electron chi connectivity index (χ3n) is 0.650. The van der Waals surface area contributed by atoms with E-state index in [2.05, 4.69) is 21.8 Å². The Kier molecular flexibility index (Phi) is 5.50. The molecule has 60 valence electrons. The fourth-order valence-corrected chi connectivity index (χ4v) is 0.290. The molecule has 0 saturated heterocycles. The summed E-state index contributed by atoms with van der Waals surface area (Å²) in [5.41, 5.74) is 0. The van der Waals surface area contributed by atoms with Crippen LogP contribution < -0.4 is 0 Å². The number of carboxylic acid groups (broad SMARTS) is 1. The molecule has 0 aromatic carbocycles. The molecule has 5 heteroatoms. The fraction of sp³-hybridized carbons (Fsp3) is 0.167. The zero-order valence-corrected chi connectivity index (χ0v) is 5.90. The first kappa shape index (κ1) is 9.35. The summed E-state index contributed by atoms with van der Waals surface area (Å²) >= 11 is 0. The molecule has 0 atom stereocenters. The Balaban J connectivity index is 0.000000183. The fourth-order valence-electron chi connectivity index (χ4n) is 0.290. The Morgan fingerprint density at radius 3 is 2.64 bits per heavy atom. The Labute approximate surface area is 63.8 Å². The first-order valence-corrected chi connectivity index (χ1v) is 2.88. The van der Waals surface area contributed by atoms with Crippen LogP contribution in [0.3, 0.4) is 0 Å². The van der Waals surface area contributed by atoms with Gasteiger partial charge in [-0.05, 0) is 0 Å². The summed E-state index contributed by atoms with van der Waals surface area (Å²) in [4.78, 5) is 13.1. The standard InChI is InChI=1S/C4H6O2.C2H3N3/c1-2-3-4(5)6;1-3-2-5-4-1/h2H,1,3H2,(H,5,6);1-2H,(H,3,4,5). The smallest absolute Gasteiger partial charge is 0.307 e. The van der Waals surface area contributed by atoms with Crippen molar-refractivity contribution in [1.29, 1.82) is 0 Å². The number of aliphatic carboxylic acids is 1. The summed E-state index contributed by atoms with van der Waals surface area (Å²) in [7, 11) is 0. The van der Waals surface area contributed by atoms with Crippen molar-refractivity contribution in [3.05, 3.63) is 25.3 Å². The van der Waals surface area contributed by atoms with E-state index in [4.69, 9.17) is 5.11 Å². The van der Waals surface area contributed by atoms with Gasteiger partial charge >= 0.3 is 5.97 Å². The largest absolute Gasteiger partial charge is 0.481 e. The SMILES string of the molecule is C=CCC(=O)O.c1nc[nH]n1. The molecule has 0 saturated carbocycles. The highest BCUT2D eigenvalue weighted by atomic mass is 16.4. The van der Waals surface area contributed by atoms with Gasteiger partial charge < -0.3 is 5.11 Å². The number of nitrogens with one attached hydrogen (secondary N) is 1. The third kappa shape index (κ3) is 8.35. The summed E-state index contributed by atoms with van der Waals surface area (Å²) < 4.78 is 0. The van der Waals surface area contributed by atoms with Crippen LogP contribution in [0.1, 0.15) is 6.42 Å². The van der Waals surface area contributed by atoms with E-state index in [1.807, 2.05) is 0 Å². The van der Waals surface area contributed by atoms with Gasteiger partial charge in [-0.1, -0.05) is 6.08 Å². The molecule has 5 nitrogen and oxygen atoms in total. The molecular weight excluding hydrogens is 146 g/mol. The van der Waals surface area contributed by atoms with Crippen LogP contribution in [0.5, 0.6) is 0 Å². The molecule has 1 aromatic heterocycles. The predicted octanol–water partition coefficient (Wildman–Crippen LogP) is 0.452. The Bertz CT molecular complexity index is 178. The van der Waals surface area contributed by atoms with Gasteiger partial charge in [-0.3, -0.25) is 9.89 Å². The van der Waals surface area contributed by atoms with Crippen LogP contribution in [-0.4, -0.2) is 26.3 Å². The van der Waals surface area contributed by atoms with Gasteiger partial charge in [0, 0.05) is 0 Å². The lowest BCUT2D eigenvalue weighted by atomic mass is 10.4. The first-order valence-electron chi connectivity index (χ1n) is 2.88. The molecule has 0 unspecified atom stereocenters. The molecule has 2 N–H and O–H groups in total. The van der Waals surface area contributed by atoms with Crippen LogP contribution >= 0.6 is 0 Å². The van der Waals surface area contributed by atoms with Crippen LogP contribution in [-0.2, 0) is 4.79 Å². The molecule has 1 rings (SSSR count). The van der Waals surface area contributed by atoms with E-state index in [0.717, 1.165) is 0 Å². The van der Waals surface area contributed by atoms with E-state index < -0.39 is 5.97 Å². The van der Waals surface area contributed by atoms with Gasteiger partial charge in [0.15, 0.2) is 0 Å². The van der Waals surface area contributed by atoms with Crippen LogP contribution in [0.15, 0.2) is 25.3 Å². The second kappa shape index (κ2) is 6.47. The molecule has 0 aliphatic carbocycles. The second-order valence-electron chi connectivity index (χ2n) is 1.54. The summed E-state index contributed by atoms with van der Waals surface area (Å²) in [6, 6.07) is 0. The molecule has 0 amide bonds. The van der Waals surface area contributed by atoms with Crippen LogP contribution in [0.25, 0.3) is 0 Å². The highest BCUT2D eigenvalue weighted by Gasteiger charge is 1.84. The minimum atomic E-state index is -0.829. The second-order valence-corrected chi connectivity index (χ2v) is 1.54. The maximum absolute atomic E-state index is 9.53. The third-order valence-corrected chi connectivity index (χ3v) is 0.650. The Hall–Kier alpha value is -1.65. The van der Waals surface area contributed by atoms with E-state index >= 15 is 0 Å². The van der Waals surface area contributed by atoms with Crippen molar-refractivity contribution in [2.45, 2.75) is 6.42 Å². The summed E-state index contributed by atoms with van der Waals surface area (Å²) in [6.07, 6.45) is 4.36. The molecule has 0 radical (unpaired) electrons. The zero-order valence-electron chi connectivity index (χ0n) is 5.90. The van der Waals surface area contributed by atoms with E-state index in [0.29, 0.717) is 0 Å². The number of hydrogen-bond acceptors (Lipinski definition) is 3. The molecule has 0 aliphatic rings. The molecule has 11 heavy (non-hydrogen) atoms. The van der Waals surface area contributed by atoms with Crippen molar-refractivity contribution in [3.8, 4) is 0 Å². The van der Waals surface area contributed by atoms with Gasteiger partial charge in [0.05, 0.1) is 6.42 Å². The minimum Gasteiger partial charge on any atom is -0.481 e. The van der Waals surface area contributed by atoms with Crippen molar-refractivity contribution >= 4 is 5.97 Å². The van der Waals surface area contributed by atoms with Crippen molar-refractivity contribution < 1.29 is 9.90 Å². The Morgan fingerprint density at radius 1 is 1.82 bits per heavy atom. The number of rotatable bonds is 2. The lowest BCUT2D eigenvalue weighted by molar-refractivity contribution is -0.135. The average molecular weight is 155 g/mol. The van der Waals surface area contributed by atoms with E-state index in [9.17, 15) is 4.79 Å². The number of hydrogen-bond donors (Lipinski definition) is 2. The number of aromatic nitrogens is 3. The first-order chi connectivity index (χ1) is 5.27. The maximum atomic E-state index is 9.53. The van der Waals surface area contributed by atoms with Gasteiger partial charge in [0.1, 0.15) is 12.7 Å². The van der Waals surface area contributed by atoms with Crippen LogP contribution in [0, 0.1) is 0 Å². The number of nitrogens with zero attached hydrogens (tertiary/aromatic N) is 2. The lowest BCUT2D eigenvalue weighted by Crippen LogP contribution is -1.88. The molecule has 1 heterocycles. The molecule has 1 aromatic rings. The minimum absolute atomic E-state index is 0.0556. The number of H-pyrrole nitrogens is 1. The van der Waals surface area contributed by atoms with Gasteiger partial charge in [-0.25, -0.2) is 4.98 Å². The molecule has 0 bridgehead atoms. The van der Waals surface area contributed by atoms with E-state index in [1.165, 1.54) is 18.7 Å². The highest BCUT2D eigenvalue weighted by molar-refractivity contribution is 5.68. The topological polar surface area (TPSA) is 78.9 Å². The van der Waals surface area contributed by atoms with Crippen molar-refractivity contribution in [3.63, 3.8) is 0 Å². The molecule has 0 aliphatic heterocycles. The Morgan fingerprint density at radius 2 is 2.55 bits per heavy atom. The van der Waals surface area contributed by atoms with Gasteiger partial charge in [-0.2, -0.15) is 5.10 Å². The number of carbonyl (C=O) groups is 1. The monoisotopic (exact) mass is 155 g/mol. The van der Waals surface area contributed by atoms with Gasteiger partial charge in [0.25, 0.3) is 0 Å². The van der Waals surface area contributed by atoms with Gasteiger partial charge in [-0.15, -0.1) is 6.58 Å². The highest BCUT2D eigenvalue weighted by Crippen LogP contribution is 1.74.